The van der Waals surface area contributed by atoms with Crippen molar-refractivity contribution in [2.45, 2.75) is 246 Å². The highest BCUT2D eigenvalue weighted by molar-refractivity contribution is 5.71. The Kier molecular flexibility index (Phi) is 37.0. The van der Waals surface area contributed by atoms with Crippen molar-refractivity contribution in [1.29, 1.82) is 0 Å². The molecule has 0 radical (unpaired) electrons. The molecular weight excluding hydrogens is 636 g/mol. The highest BCUT2D eigenvalue weighted by atomic mass is 16.6. The summed E-state index contributed by atoms with van der Waals surface area (Å²) in [4.78, 5) is 37.6. The SMILES string of the molecule is CCCCCCCCCCCCC(=O)OC[C@H](COC(=O)CCCCCCCCC(C)C)OC(=O)CCCCCCCCCCCCC(C)CC. The first-order valence-corrected chi connectivity index (χ1v) is 22.3. The van der Waals surface area contributed by atoms with E-state index in [0.29, 0.717) is 19.3 Å². The minimum absolute atomic E-state index is 0.0659. The van der Waals surface area contributed by atoms with Crippen LogP contribution in [0.25, 0.3) is 0 Å². The maximum atomic E-state index is 12.7. The third kappa shape index (κ3) is 38.0. The third-order valence-electron chi connectivity index (χ3n) is 10.3. The van der Waals surface area contributed by atoms with Gasteiger partial charge in [0.1, 0.15) is 13.2 Å². The molecule has 0 amide bonds. The standard InChI is InChI=1S/C45H86O6/c1-6-8-9-10-11-12-16-19-25-30-35-43(46)49-38-42(39-50-44(47)36-31-26-22-21-23-28-33-40(3)4)51-45(48)37-32-27-20-17-14-13-15-18-24-29-34-41(5)7-2/h40-42H,6-39H2,1-5H3/t41?,42-/m1/s1. The van der Waals surface area contributed by atoms with Gasteiger partial charge in [0, 0.05) is 19.3 Å². The molecule has 6 nitrogen and oxygen atoms in total. The van der Waals surface area contributed by atoms with E-state index in [1.54, 1.807) is 0 Å². The van der Waals surface area contributed by atoms with E-state index < -0.39 is 6.10 Å². The zero-order valence-electron chi connectivity index (χ0n) is 34.7. The number of unbranched alkanes of at least 4 members (excludes halogenated alkanes) is 23. The van der Waals surface area contributed by atoms with Crippen LogP contribution in [0, 0.1) is 11.8 Å². The summed E-state index contributed by atoms with van der Waals surface area (Å²) in [7, 11) is 0. The number of hydrogen-bond donors (Lipinski definition) is 0. The number of hydrogen-bond acceptors (Lipinski definition) is 6. The third-order valence-corrected chi connectivity index (χ3v) is 10.3. The minimum Gasteiger partial charge on any atom is -0.462 e. The lowest BCUT2D eigenvalue weighted by atomic mass is 9.99. The van der Waals surface area contributed by atoms with Crippen molar-refractivity contribution >= 4 is 17.9 Å². The molecule has 0 bridgehead atoms. The topological polar surface area (TPSA) is 78.9 Å². The fourth-order valence-corrected chi connectivity index (χ4v) is 6.54. The van der Waals surface area contributed by atoms with Gasteiger partial charge in [0.2, 0.25) is 0 Å². The number of carbonyl (C=O) groups excluding carboxylic acids is 3. The van der Waals surface area contributed by atoms with Crippen LogP contribution in [-0.2, 0) is 28.6 Å². The van der Waals surface area contributed by atoms with Crippen molar-refractivity contribution in [3.05, 3.63) is 0 Å². The lowest BCUT2D eigenvalue weighted by Crippen LogP contribution is -2.30. The Hall–Kier alpha value is -1.59. The molecule has 0 aliphatic rings. The summed E-state index contributed by atoms with van der Waals surface area (Å²) in [6, 6.07) is 0. The molecule has 302 valence electrons. The van der Waals surface area contributed by atoms with Crippen LogP contribution in [0.3, 0.4) is 0 Å². The summed E-state index contributed by atoms with van der Waals surface area (Å²) in [5.41, 5.74) is 0. The van der Waals surface area contributed by atoms with Gasteiger partial charge in [-0.1, -0.05) is 202 Å². The Morgan fingerprint density at radius 1 is 0.412 bits per heavy atom. The molecule has 51 heavy (non-hydrogen) atoms. The van der Waals surface area contributed by atoms with E-state index in [9.17, 15) is 14.4 Å². The summed E-state index contributed by atoms with van der Waals surface area (Å²) in [6.07, 6.45) is 35.2. The molecule has 0 saturated carbocycles. The first-order valence-electron chi connectivity index (χ1n) is 22.3. The first-order chi connectivity index (χ1) is 24.8. The van der Waals surface area contributed by atoms with Crippen molar-refractivity contribution < 1.29 is 28.6 Å². The van der Waals surface area contributed by atoms with Crippen LogP contribution in [0.15, 0.2) is 0 Å². The summed E-state index contributed by atoms with van der Waals surface area (Å²) >= 11 is 0. The van der Waals surface area contributed by atoms with Gasteiger partial charge in [-0.2, -0.15) is 0 Å². The van der Waals surface area contributed by atoms with Crippen LogP contribution in [0.5, 0.6) is 0 Å². The quantitative estimate of drug-likeness (QED) is 0.0357. The lowest BCUT2D eigenvalue weighted by molar-refractivity contribution is -0.167. The largest absolute Gasteiger partial charge is 0.462 e. The van der Waals surface area contributed by atoms with E-state index in [1.165, 1.54) is 128 Å². The molecule has 0 rings (SSSR count). The minimum atomic E-state index is -0.760. The molecule has 1 unspecified atom stereocenters. The Morgan fingerprint density at radius 3 is 1.12 bits per heavy atom. The van der Waals surface area contributed by atoms with Gasteiger partial charge in [0.15, 0.2) is 6.10 Å². The van der Waals surface area contributed by atoms with Crippen molar-refractivity contribution in [1.82, 2.24) is 0 Å². The lowest BCUT2D eigenvalue weighted by Gasteiger charge is -2.18. The normalized spacial score (nSPS) is 12.6. The predicted octanol–water partition coefficient (Wildman–Crippen LogP) is 13.8. The molecule has 0 saturated heterocycles. The maximum absolute atomic E-state index is 12.7. The maximum Gasteiger partial charge on any atom is 0.306 e. The van der Waals surface area contributed by atoms with Crippen molar-refractivity contribution in [3.8, 4) is 0 Å². The number of esters is 3. The molecule has 0 aliphatic carbocycles. The van der Waals surface area contributed by atoms with Crippen LogP contribution in [0.1, 0.15) is 240 Å². The average molecular weight is 723 g/mol. The molecule has 0 aromatic carbocycles. The van der Waals surface area contributed by atoms with E-state index in [4.69, 9.17) is 14.2 Å². The van der Waals surface area contributed by atoms with Gasteiger partial charge in [-0.25, -0.2) is 0 Å². The van der Waals surface area contributed by atoms with Gasteiger partial charge >= 0.3 is 17.9 Å². The fourth-order valence-electron chi connectivity index (χ4n) is 6.54. The van der Waals surface area contributed by atoms with Gasteiger partial charge in [0.05, 0.1) is 0 Å². The summed E-state index contributed by atoms with van der Waals surface area (Å²) in [6.45, 7) is 11.3. The van der Waals surface area contributed by atoms with E-state index in [0.717, 1.165) is 69.6 Å². The summed E-state index contributed by atoms with van der Waals surface area (Å²) < 4.78 is 16.7. The van der Waals surface area contributed by atoms with E-state index in [2.05, 4.69) is 34.6 Å². The molecule has 0 heterocycles. The van der Waals surface area contributed by atoms with Crippen LogP contribution < -0.4 is 0 Å². The Balaban J connectivity index is 4.33. The molecule has 0 fully saturated rings. The van der Waals surface area contributed by atoms with Crippen LogP contribution in [0.4, 0.5) is 0 Å². The Morgan fingerprint density at radius 2 is 0.745 bits per heavy atom. The van der Waals surface area contributed by atoms with Crippen LogP contribution in [-0.4, -0.2) is 37.2 Å². The molecule has 0 aliphatic heterocycles. The van der Waals surface area contributed by atoms with Gasteiger partial charge in [-0.05, 0) is 31.1 Å². The van der Waals surface area contributed by atoms with Gasteiger partial charge in [-0.15, -0.1) is 0 Å². The number of ether oxygens (including phenoxy) is 3. The second kappa shape index (κ2) is 38.1. The molecular formula is C45H86O6. The molecule has 0 spiro atoms. The van der Waals surface area contributed by atoms with E-state index in [-0.39, 0.29) is 31.1 Å². The van der Waals surface area contributed by atoms with Gasteiger partial charge < -0.3 is 14.2 Å². The average Bonchev–Trinajstić information content (AvgIpc) is 3.11. The number of carbonyl (C=O) groups is 3. The van der Waals surface area contributed by atoms with E-state index in [1.807, 2.05) is 0 Å². The molecule has 6 heteroatoms. The second-order valence-corrected chi connectivity index (χ2v) is 16.1. The molecule has 0 aromatic rings. The Bertz CT molecular complexity index is 781. The van der Waals surface area contributed by atoms with Gasteiger partial charge in [-0.3, -0.25) is 14.4 Å². The van der Waals surface area contributed by atoms with Gasteiger partial charge in [0.25, 0.3) is 0 Å². The fraction of sp³-hybridized carbons (Fsp3) is 0.933. The zero-order valence-corrected chi connectivity index (χ0v) is 34.7. The second-order valence-electron chi connectivity index (χ2n) is 16.1. The smallest absolute Gasteiger partial charge is 0.306 e. The van der Waals surface area contributed by atoms with Crippen LogP contribution >= 0.6 is 0 Å². The van der Waals surface area contributed by atoms with Crippen molar-refractivity contribution in [3.63, 3.8) is 0 Å². The first kappa shape index (κ1) is 49.4. The molecule has 2 atom stereocenters. The van der Waals surface area contributed by atoms with Crippen molar-refractivity contribution in [2.24, 2.45) is 11.8 Å². The molecule has 0 N–H and O–H groups in total. The zero-order chi connectivity index (χ0) is 37.6. The van der Waals surface area contributed by atoms with Crippen LogP contribution in [0.2, 0.25) is 0 Å². The molecule has 0 aromatic heterocycles. The highest BCUT2D eigenvalue weighted by Crippen LogP contribution is 2.17. The summed E-state index contributed by atoms with van der Waals surface area (Å²) in [5.74, 6) is 0.766. The summed E-state index contributed by atoms with van der Waals surface area (Å²) in [5, 5.41) is 0. The predicted molar refractivity (Wildman–Crippen MR) is 215 cm³/mol. The highest BCUT2D eigenvalue weighted by Gasteiger charge is 2.19. The van der Waals surface area contributed by atoms with E-state index >= 15 is 0 Å². The monoisotopic (exact) mass is 723 g/mol. The Labute approximate surface area is 317 Å². The number of rotatable bonds is 39. The van der Waals surface area contributed by atoms with Crippen molar-refractivity contribution in [2.75, 3.05) is 13.2 Å².